The summed E-state index contributed by atoms with van der Waals surface area (Å²) in [6.45, 7) is 3.93. The zero-order valence-electron chi connectivity index (χ0n) is 11.0. The van der Waals surface area contributed by atoms with E-state index in [-0.39, 0.29) is 36.7 Å². The fourth-order valence-electron chi connectivity index (χ4n) is 1.40. The highest BCUT2D eigenvalue weighted by Gasteiger charge is 2.13. The summed E-state index contributed by atoms with van der Waals surface area (Å²) in [5.74, 6) is -1.23. The highest BCUT2D eigenvalue weighted by molar-refractivity contribution is 5.85. The van der Waals surface area contributed by atoms with Crippen molar-refractivity contribution < 1.29 is 13.6 Å². The third-order valence-corrected chi connectivity index (χ3v) is 2.37. The fraction of sp³-hybridized carbons (Fsp3) is 0.462. The first-order valence-electron chi connectivity index (χ1n) is 5.77. The van der Waals surface area contributed by atoms with Crippen molar-refractivity contribution in [2.75, 3.05) is 6.54 Å². The van der Waals surface area contributed by atoms with Gasteiger partial charge in [0.1, 0.15) is 11.6 Å². The summed E-state index contributed by atoms with van der Waals surface area (Å²) in [4.78, 5) is 11.5. The van der Waals surface area contributed by atoms with Crippen molar-refractivity contribution in [1.29, 1.82) is 0 Å². The molecule has 1 rings (SSSR count). The number of rotatable bonds is 5. The average molecular weight is 293 g/mol. The molecule has 0 aliphatic rings. The lowest BCUT2D eigenvalue weighted by Gasteiger charge is -2.18. The minimum Gasteiger partial charge on any atom is -0.354 e. The molecule has 1 aromatic carbocycles. The van der Waals surface area contributed by atoms with Crippen LogP contribution in [0.1, 0.15) is 25.8 Å². The van der Waals surface area contributed by atoms with Crippen LogP contribution >= 0.6 is 12.4 Å². The smallest absolute Gasteiger partial charge is 0.220 e. The van der Waals surface area contributed by atoms with E-state index >= 15 is 0 Å². The van der Waals surface area contributed by atoms with Crippen LogP contribution in [0.15, 0.2) is 18.2 Å². The van der Waals surface area contributed by atoms with Gasteiger partial charge in [-0.25, -0.2) is 8.78 Å². The predicted octanol–water partition coefficient (Wildman–Crippen LogP) is 2.17. The summed E-state index contributed by atoms with van der Waals surface area (Å²) in [6, 6.07) is 3.22. The SMILES string of the molecule is CC(C)(N)CNC(=O)CCc1cc(F)ccc1F.Cl. The van der Waals surface area contributed by atoms with Gasteiger partial charge in [-0.05, 0) is 44.0 Å². The molecule has 19 heavy (non-hydrogen) atoms. The van der Waals surface area contributed by atoms with E-state index in [1.54, 1.807) is 13.8 Å². The van der Waals surface area contributed by atoms with Gasteiger partial charge in [0.2, 0.25) is 5.91 Å². The van der Waals surface area contributed by atoms with Crippen LogP contribution in [0.25, 0.3) is 0 Å². The van der Waals surface area contributed by atoms with Crippen LogP contribution in [0.4, 0.5) is 8.78 Å². The molecule has 0 unspecified atom stereocenters. The number of halogens is 3. The quantitative estimate of drug-likeness (QED) is 0.874. The summed E-state index contributed by atoms with van der Waals surface area (Å²) < 4.78 is 26.2. The topological polar surface area (TPSA) is 55.1 Å². The van der Waals surface area contributed by atoms with Gasteiger partial charge in [0.25, 0.3) is 0 Å². The summed E-state index contributed by atoms with van der Waals surface area (Å²) >= 11 is 0. The van der Waals surface area contributed by atoms with E-state index in [1.165, 1.54) is 0 Å². The maximum absolute atomic E-state index is 13.3. The van der Waals surface area contributed by atoms with E-state index in [1.807, 2.05) is 0 Å². The minimum absolute atomic E-state index is 0. The molecule has 0 fully saturated rings. The van der Waals surface area contributed by atoms with Crippen LogP contribution in [-0.2, 0) is 11.2 Å². The lowest BCUT2D eigenvalue weighted by atomic mass is 10.1. The van der Waals surface area contributed by atoms with Gasteiger partial charge < -0.3 is 11.1 Å². The molecule has 1 aromatic rings. The van der Waals surface area contributed by atoms with Crippen LogP contribution in [0.2, 0.25) is 0 Å². The number of carbonyl (C=O) groups is 1. The molecule has 0 atom stereocenters. The molecule has 6 heteroatoms. The molecular formula is C13H19ClF2N2O. The molecule has 0 heterocycles. The Morgan fingerprint density at radius 2 is 2.00 bits per heavy atom. The van der Waals surface area contributed by atoms with E-state index in [0.29, 0.717) is 6.54 Å². The Labute approximate surface area is 118 Å². The first-order valence-corrected chi connectivity index (χ1v) is 5.77. The standard InChI is InChI=1S/C13H18F2N2O.ClH/c1-13(2,16)8-17-12(18)6-3-9-7-10(14)4-5-11(9)15;/h4-5,7H,3,6,8,16H2,1-2H3,(H,17,18);1H. The fourth-order valence-corrected chi connectivity index (χ4v) is 1.40. The van der Waals surface area contributed by atoms with Gasteiger partial charge >= 0.3 is 0 Å². The van der Waals surface area contributed by atoms with Gasteiger partial charge in [-0.15, -0.1) is 12.4 Å². The zero-order chi connectivity index (χ0) is 13.8. The van der Waals surface area contributed by atoms with Crippen molar-refractivity contribution in [2.24, 2.45) is 5.73 Å². The number of carbonyl (C=O) groups excluding carboxylic acids is 1. The molecule has 0 saturated carbocycles. The molecule has 3 nitrogen and oxygen atoms in total. The lowest BCUT2D eigenvalue weighted by molar-refractivity contribution is -0.121. The average Bonchev–Trinajstić information content (AvgIpc) is 2.26. The molecular weight excluding hydrogens is 274 g/mol. The van der Waals surface area contributed by atoms with Crippen molar-refractivity contribution in [2.45, 2.75) is 32.2 Å². The third kappa shape index (κ3) is 7.08. The van der Waals surface area contributed by atoms with Gasteiger partial charge in [-0.2, -0.15) is 0 Å². The summed E-state index contributed by atoms with van der Waals surface area (Å²) in [5, 5.41) is 2.65. The number of nitrogens with one attached hydrogen (secondary N) is 1. The molecule has 1 amide bonds. The highest BCUT2D eigenvalue weighted by atomic mass is 35.5. The van der Waals surface area contributed by atoms with E-state index in [4.69, 9.17) is 5.73 Å². The van der Waals surface area contributed by atoms with Gasteiger partial charge in [-0.1, -0.05) is 0 Å². The molecule has 0 spiro atoms. The number of hydrogen-bond acceptors (Lipinski definition) is 2. The Hall–Kier alpha value is -1.20. The Morgan fingerprint density at radius 3 is 2.58 bits per heavy atom. The van der Waals surface area contributed by atoms with Crippen molar-refractivity contribution in [3.05, 3.63) is 35.4 Å². The molecule has 108 valence electrons. The Bertz CT molecular complexity index is 433. The van der Waals surface area contributed by atoms with Gasteiger partial charge in [-0.3, -0.25) is 4.79 Å². The van der Waals surface area contributed by atoms with Gasteiger partial charge in [0.15, 0.2) is 0 Å². The lowest BCUT2D eigenvalue weighted by Crippen LogP contribution is -2.45. The van der Waals surface area contributed by atoms with E-state index in [9.17, 15) is 13.6 Å². The monoisotopic (exact) mass is 292 g/mol. The van der Waals surface area contributed by atoms with Gasteiger partial charge in [0.05, 0.1) is 0 Å². The Kier molecular flexibility index (Phi) is 6.94. The van der Waals surface area contributed by atoms with Crippen LogP contribution in [-0.4, -0.2) is 18.0 Å². The number of nitrogens with two attached hydrogens (primary N) is 1. The van der Waals surface area contributed by atoms with Crippen molar-refractivity contribution in [3.63, 3.8) is 0 Å². The van der Waals surface area contributed by atoms with Gasteiger partial charge in [0, 0.05) is 18.5 Å². The third-order valence-electron chi connectivity index (χ3n) is 2.37. The van der Waals surface area contributed by atoms with Crippen LogP contribution in [0.3, 0.4) is 0 Å². The number of aryl methyl sites for hydroxylation is 1. The summed E-state index contributed by atoms with van der Waals surface area (Å²) in [7, 11) is 0. The highest BCUT2D eigenvalue weighted by Crippen LogP contribution is 2.11. The van der Waals surface area contributed by atoms with Crippen molar-refractivity contribution >= 4 is 18.3 Å². The van der Waals surface area contributed by atoms with E-state index in [2.05, 4.69) is 5.32 Å². The van der Waals surface area contributed by atoms with E-state index in [0.717, 1.165) is 18.2 Å². The second kappa shape index (κ2) is 7.40. The Balaban J connectivity index is 0.00000324. The van der Waals surface area contributed by atoms with Crippen LogP contribution in [0, 0.1) is 11.6 Å². The molecule has 0 aliphatic carbocycles. The number of amides is 1. The summed E-state index contributed by atoms with van der Waals surface area (Å²) in [5.41, 5.74) is 5.43. The van der Waals surface area contributed by atoms with Crippen LogP contribution < -0.4 is 11.1 Å². The second-order valence-electron chi connectivity index (χ2n) is 5.00. The van der Waals surface area contributed by atoms with Crippen LogP contribution in [0.5, 0.6) is 0 Å². The minimum atomic E-state index is -0.505. The molecule has 0 radical (unpaired) electrons. The molecule has 0 saturated heterocycles. The van der Waals surface area contributed by atoms with Crippen molar-refractivity contribution in [3.8, 4) is 0 Å². The summed E-state index contributed by atoms with van der Waals surface area (Å²) in [6.07, 6.45) is 0.275. The Morgan fingerprint density at radius 1 is 1.37 bits per heavy atom. The molecule has 0 aliphatic heterocycles. The number of hydrogen-bond donors (Lipinski definition) is 2. The molecule has 0 aromatic heterocycles. The predicted molar refractivity (Wildman–Crippen MR) is 73.2 cm³/mol. The molecule has 3 N–H and O–H groups in total. The molecule has 0 bridgehead atoms. The number of benzene rings is 1. The maximum atomic E-state index is 13.3. The van der Waals surface area contributed by atoms with E-state index < -0.39 is 17.2 Å². The maximum Gasteiger partial charge on any atom is 0.220 e. The normalized spacial score (nSPS) is 10.8. The van der Waals surface area contributed by atoms with Crippen molar-refractivity contribution in [1.82, 2.24) is 5.32 Å². The second-order valence-corrected chi connectivity index (χ2v) is 5.00. The zero-order valence-corrected chi connectivity index (χ0v) is 11.8. The first kappa shape index (κ1) is 17.8. The first-order chi connectivity index (χ1) is 8.28. The largest absolute Gasteiger partial charge is 0.354 e.